The van der Waals surface area contributed by atoms with Crippen LogP contribution in [0.3, 0.4) is 0 Å². The molecule has 0 fully saturated rings. The van der Waals surface area contributed by atoms with Crippen LogP contribution in [0.25, 0.3) is 0 Å². The van der Waals surface area contributed by atoms with Gasteiger partial charge in [-0.05, 0) is 30.2 Å². The van der Waals surface area contributed by atoms with Gasteiger partial charge in [-0.2, -0.15) is 0 Å². The minimum Gasteiger partial charge on any atom is -0.493 e. The fourth-order valence-electron chi connectivity index (χ4n) is 2.58. The maximum Gasteiger partial charge on any atom is 0.213 e. The predicted molar refractivity (Wildman–Crippen MR) is 126 cm³/mol. The summed E-state index contributed by atoms with van der Waals surface area (Å²) in [6.45, 7) is 4.60. The van der Waals surface area contributed by atoms with E-state index in [2.05, 4.69) is 45.7 Å². The number of pyridine rings is 1. The van der Waals surface area contributed by atoms with Crippen molar-refractivity contribution in [2.45, 2.75) is 26.4 Å². The number of nitrogens with zero attached hydrogens (tertiary/aromatic N) is 2. The van der Waals surface area contributed by atoms with Crippen LogP contribution in [0.2, 0.25) is 0 Å². The molecule has 160 valence electrons. The molecule has 0 spiro atoms. The molecule has 0 unspecified atom stereocenters. The first-order valence-electron chi connectivity index (χ1n) is 9.31. The molecule has 0 saturated carbocycles. The highest BCUT2D eigenvalue weighted by Crippen LogP contribution is 2.20. The van der Waals surface area contributed by atoms with Crippen LogP contribution in [-0.2, 0) is 17.8 Å². The Balaban J connectivity index is 0.00000420. The van der Waals surface area contributed by atoms with Gasteiger partial charge >= 0.3 is 0 Å². The molecule has 1 heterocycles. The van der Waals surface area contributed by atoms with Crippen LogP contribution < -0.4 is 20.1 Å². The van der Waals surface area contributed by atoms with Gasteiger partial charge in [-0.3, -0.25) is 4.99 Å². The predicted octanol–water partition coefficient (Wildman–Crippen LogP) is 3.30. The van der Waals surface area contributed by atoms with Crippen LogP contribution in [0.5, 0.6) is 11.6 Å². The monoisotopic (exact) mass is 514 g/mol. The Morgan fingerprint density at radius 2 is 1.86 bits per heavy atom. The summed E-state index contributed by atoms with van der Waals surface area (Å²) >= 11 is 0. The number of nitrogens with one attached hydrogen (secondary N) is 2. The van der Waals surface area contributed by atoms with E-state index in [1.807, 2.05) is 12.1 Å². The standard InChI is InChI=1S/C21H30N4O3.HI/c1-16-6-7-18(19(12-16)28-11-5-10-26-3)15-25-21(22-2)24-14-17-8-9-23-20(13-17)27-4;/h6-9,12-13H,5,10-11,14-15H2,1-4H3,(H2,22,24,25);1H. The molecular weight excluding hydrogens is 483 g/mol. The van der Waals surface area contributed by atoms with Gasteiger partial charge < -0.3 is 24.8 Å². The maximum absolute atomic E-state index is 5.94. The van der Waals surface area contributed by atoms with Crippen molar-refractivity contribution in [1.29, 1.82) is 0 Å². The molecule has 0 saturated heterocycles. The summed E-state index contributed by atoms with van der Waals surface area (Å²) in [5.74, 6) is 2.19. The molecule has 0 aliphatic heterocycles. The number of hydrogen-bond donors (Lipinski definition) is 2. The summed E-state index contributed by atoms with van der Waals surface area (Å²) < 4.78 is 16.2. The van der Waals surface area contributed by atoms with Crippen LogP contribution in [0.1, 0.15) is 23.1 Å². The summed E-state index contributed by atoms with van der Waals surface area (Å²) in [7, 11) is 5.05. The summed E-state index contributed by atoms with van der Waals surface area (Å²) in [5.41, 5.74) is 3.31. The van der Waals surface area contributed by atoms with Crippen molar-refractivity contribution in [3.05, 3.63) is 53.2 Å². The number of aromatic nitrogens is 1. The topological polar surface area (TPSA) is 77.0 Å². The number of aliphatic imine (C=N–C) groups is 1. The number of halogens is 1. The van der Waals surface area contributed by atoms with E-state index in [1.54, 1.807) is 27.5 Å². The third-order valence-electron chi connectivity index (χ3n) is 4.11. The number of hydrogen-bond acceptors (Lipinski definition) is 5. The van der Waals surface area contributed by atoms with Gasteiger partial charge in [-0.25, -0.2) is 4.98 Å². The summed E-state index contributed by atoms with van der Waals surface area (Å²) in [6.07, 6.45) is 2.58. The second-order valence-electron chi connectivity index (χ2n) is 6.29. The lowest BCUT2D eigenvalue weighted by molar-refractivity contribution is 0.171. The second kappa shape index (κ2) is 14.0. The molecule has 0 aliphatic carbocycles. The molecule has 2 aromatic rings. The van der Waals surface area contributed by atoms with E-state index in [-0.39, 0.29) is 24.0 Å². The molecule has 1 aromatic heterocycles. The van der Waals surface area contributed by atoms with Crippen LogP contribution in [0.4, 0.5) is 0 Å². The van der Waals surface area contributed by atoms with Crippen molar-refractivity contribution in [3.8, 4) is 11.6 Å². The minimum atomic E-state index is 0. The fraction of sp³-hybridized carbons (Fsp3) is 0.429. The first kappa shape index (κ1) is 25.0. The van der Waals surface area contributed by atoms with Crippen molar-refractivity contribution < 1.29 is 14.2 Å². The number of methoxy groups -OCH3 is 2. The lowest BCUT2D eigenvalue weighted by Gasteiger charge is -2.15. The Bertz CT molecular complexity index is 771. The molecule has 0 radical (unpaired) electrons. The van der Waals surface area contributed by atoms with Crippen LogP contribution >= 0.6 is 24.0 Å². The van der Waals surface area contributed by atoms with Gasteiger partial charge in [-0.15, -0.1) is 24.0 Å². The number of rotatable bonds is 10. The molecule has 0 bridgehead atoms. The van der Waals surface area contributed by atoms with Crippen molar-refractivity contribution in [1.82, 2.24) is 15.6 Å². The third-order valence-corrected chi connectivity index (χ3v) is 4.11. The first-order chi connectivity index (χ1) is 13.7. The molecule has 0 atom stereocenters. The Morgan fingerprint density at radius 3 is 2.59 bits per heavy atom. The highest BCUT2D eigenvalue weighted by Gasteiger charge is 2.06. The van der Waals surface area contributed by atoms with E-state index in [1.165, 1.54) is 5.56 Å². The van der Waals surface area contributed by atoms with Crippen molar-refractivity contribution >= 4 is 29.9 Å². The van der Waals surface area contributed by atoms with Crippen molar-refractivity contribution in [3.63, 3.8) is 0 Å². The molecular formula is C21H31IN4O3. The fourth-order valence-corrected chi connectivity index (χ4v) is 2.58. The zero-order valence-electron chi connectivity index (χ0n) is 17.5. The average molecular weight is 514 g/mol. The summed E-state index contributed by atoms with van der Waals surface area (Å²) in [6, 6.07) is 10.1. The number of benzene rings is 1. The van der Waals surface area contributed by atoms with Crippen molar-refractivity contribution in [2.24, 2.45) is 4.99 Å². The van der Waals surface area contributed by atoms with E-state index in [0.717, 1.165) is 23.3 Å². The molecule has 7 nitrogen and oxygen atoms in total. The largest absolute Gasteiger partial charge is 0.493 e. The van der Waals surface area contributed by atoms with E-state index in [0.29, 0.717) is 38.1 Å². The first-order valence-corrected chi connectivity index (χ1v) is 9.31. The smallest absolute Gasteiger partial charge is 0.213 e. The van der Waals surface area contributed by atoms with Crippen molar-refractivity contribution in [2.75, 3.05) is 34.5 Å². The van der Waals surface area contributed by atoms with E-state index in [4.69, 9.17) is 14.2 Å². The Kier molecular flexibility index (Phi) is 12.1. The van der Waals surface area contributed by atoms with Gasteiger partial charge in [0.25, 0.3) is 0 Å². The second-order valence-corrected chi connectivity index (χ2v) is 6.29. The van der Waals surface area contributed by atoms with Gasteiger partial charge in [0.1, 0.15) is 5.75 Å². The molecule has 0 amide bonds. The van der Waals surface area contributed by atoms with Gasteiger partial charge in [0, 0.05) is 58.1 Å². The van der Waals surface area contributed by atoms with Gasteiger partial charge in [0.2, 0.25) is 5.88 Å². The normalized spacial score (nSPS) is 10.8. The lowest BCUT2D eigenvalue weighted by Crippen LogP contribution is -2.36. The Morgan fingerprint density at radius 1 is 1.07 bits per heavy atom. The number of ether oxygens (including phenoxy) is 3. The molecule has 1 aromatic carbocycles. The summed E-state index contributed by atoms with van der Waals surface area (Å²) in [5, 5.41) is 6.63. The third kappa shape index (κ3) is 8.86. The van der Waals surface area contributed by atoms with Crippen LogP contribution in [0.15, 0.2) is 41.5 Å². The zero-order valence-corrected chi connectivity index (χ0v) is 19.9. The van der Waals surface area contributed by atoms with Crippen LogP contribution in [-0.4, -0.2) is 45.4 Å². The van der Waals surface area contributed by atoms with Crippen LogP contribution in [0, 0.1) is 6.92 Å². The SMILES string of the molecule is CN=C(NCc1ccnc(OC)c1)NCc1ccc(C)cc1OCCCOC.I. The Labute approximate surface area is 190 Å². The van der Waals surface area contributed by atoms with Gasteiger partial charge in [-0.1, -0.05) is 12.1 Å². The molecule has 0 aliphatic rings. The highest BCUT2D eigenvalue weighted by molar-refractivity contribution is 14.0. The summed E-state index contributed by atoms with van der Waals surface area (Å²) in [4.78, 5) is 8.40. The van der Waals surface area contributed by atoms with Gasteiger partial charge in [0.05, 0.1) is 13.7 Å². The number of aryl methyl sites for hydroxylation is 1. The molecule has 2 N–H and O–H groups in total. The average Bonchev–Trinajstić information content (AvgIpc) is 2.72. The molecule has 2 rings (SSSR count). The lowest BCUT2D eigenvalue weighted by atomic mass is 10.1. The van der Waals surface area contributed by atoms with Gasteiger partial charge in [0.15, 0.2) is 5.96 Å². The number of guanidine groups is 1. The molecule has 8 heteroatoms. The zero-order chi connectivity index (χ0) is 20.2. The maximum atomic E-state index is 5.94. The Hall–Kier alpha value is -2.07. The van der Waals surface area contributed by atoms with E-state index in [9.17, 15) is 0 Å². The minimum absolute atomic E-state index is 0. The quantitative estimate of drug-likeness (QED) is 0.219. The highest BCUT2D eigenvalue weighted by atomic mass is 127. The molecule has 29 heavy (non-hydrogen) atoms. The van der Waals surface area contributed by atoms with E-state index >= 15 is 0 Å². The van der Waals surface area contributed by atoms with E-state index < -0.39 is 0 Å².